The van der Waals surface area contributed by atoms with Crippen molar-refractivity contribution in [1.82, 2.24) is 0 Å². The van der Waals surface area contributed by atoms with Gasteiger partial charge in [0.05, 0.1) is 0 Å². The fourth-order valence-corrected chi connectivity index (χ4v) is 2.98. The Balaban J connectivity index is 1.73. The van der Waals surface area contributed by atoms with Crippen molar-refractivity contribution < 1.29 is 14.4 Å². The second-order valence-corrected chi connectivity index (χ2v) is 7.02. The fourth-order valence-electron chi connectivity index (χ4n) is 2.76. The number of Topliss-reactive ketones (excluding diaryl/α,β-unsaturated/α-hetero) is 1. The van der Waals surface area contributed by atoms with Crippen LogP contribution in [0.4, 0.5) is 11.4 Å². The van der Waals surface area contributed by atoms with Crippen molar-refractivity contribution in [2.24, 2.45) is 5.41 Å². The van der Waals surface area contributed by atoms with Crippen LogP contribution in [0.25, 0.3) is 0 Å². The molecule has 0 spiro atoms. The number of benzene rings is 2. The van der Waals surface area contributed by atoms with Gasteiger partial charge in [-0.15, -0.1) is 0 Å². The lowest BCUT2D eigenvalue weighted by Crippen LogP contribution is -2.35. The van der Waals surface area contributed by atoms with E-state index in [1.165, 1.54) is 6.92 Å². The molecule has 0 unspecified atom stereocenters. The molecule has 5 nitrogen and oxygen atoms in total. The van der Waals surface area contributed by atoms with E-state index in [-0.39, 0.29) is 17.6 Å². The molecule has 2 amide bonds. The van der Waals surface area contributed by atoms with E-state index in [0.29, 0.717) is 34.8 Å². The highest BCUT2D eigenvalue weighted by molar-refractivity contribution is 6.30. The van der Waals surface area contributed by atoms with E-state index in [1.807, 2.05) is 6.92 Å². The van der Waals surface area contributed by atoms with Crippen molar-refractivity contribution in [3.63, 3.8) is 0 Å². The zero-order valence-corrected chi connectivity index (χ0v) is 15.3. The van der Waals surface area contributed by atoms with Gasteiger partial charge in [-0.1, -0.05) is 23.7 Å². The number of rotatable bonds is 5. The van der Waals surface area contributed by atoms with E-state index in [9.17, 15) is 14.4 Å². The van der Waals surface area contributed by atoms with Crippen LogP contribution in [0.2, 0.25) is 5.02 Å². The van der Waals surface area contributed by atoms with E-state index in [2.05, 4.69) is 10.6 Å². The number of aryl methyl sites for hydroxylation is 1. The normalized spacial score (nSPS) is 14.4. The summed E-state index contributed by atoms with van der Waals surface area (Å²) >= 11 is 5.93. The molecule has 134 valence electrons. The smallest absolute Gasteiger partial charge is 0.240 e. The van der Waals surface area contributed by atoms with Crippen molar-refractivity contribution in [2.75, 3.05) is 10.6 Å². The first kappa shape index (κ1) is 18.1. The average molecular weight is 371 g/mol. The van der Waals surface area contributed by atoms with Gasteiger partial charge in [-0.25, -0.2) is 0 Å². The first-order valence-electron chi connectivity index (χ1n) is 8.32. The molecule has 2 aromatic carbocycles. The summed E-state index contributed by atoms with van der Waals surface area (Å²) < 4.78 is 0. The van der Waals surface area contributed by atoms with Gasteiger partial charge in [0.25, 0.3) is 0 Å². The Kier molecular flexibility index (Phi) is 4.83. The summed E-state index contributed by atoms with van der Waals surface area (Å²) in [4.78, 5) is 36.8. The Morgan fingerprint density at radius 1 is 1.00 bits per heavy atom. The van der Waals surface area contributed by atoms with E-state index < -0.39 is 5.41 Å². The van der Waals surface area contributed by atoms with Crippen molar-refractivity contribution >= 4 is 40.6 Å². The van der Waals surface area contributed by atoms with E-state index >= 15 is 0 Å². The summed E-state index contributed by atoms with van der Waals surface area (Å²) in [5.74, 6) is -0.774. The SMILES string of the molecule is CC(=O)c1cccc(NC(=O)C2(C(=O)Nc3ccc(Cl)cc3C)CC2)c1. The van der Waals surface area contributed by atoms with Crippen LogP contribution in [0.5, 0.6) is 0 Å². The third-order valence-electron chi connectivity index (χ3n) is 4.58. The Hall–Kier alpha value is -2.66. The minimum Gasteiger partial charge on any atom is -0.325 e. The summed E-state index contributed by atoms with van der Waals surface area (Å²) in [5, 5.41) is 6.17. The van der Waals surface area contributed by atoms with Crippen LogP contribution in [0, 0.1) is 12.3 Å². The summed E-state index contributed by atoms with van der Waals surface area (Å²) in [6, 6.07) is 11.9. The number of halogens is 1. The molecule has 2 aromatic rings. The molecule has 0 bridgehead atoms. The predicted molar refractivity (Wildman–Crippen MR) is 102 cm³/mol. The maximum Gasteiger partial charge on any atom is 0.240 e. The molecular weight excluding hydrogens is 352 g/mol. The van der Waals surface area contributed by atoms with Gasteiger partial charge in [-0.05, 0) is 62.6 Å². The van der Waals surface area contributed by atoms with Crippen LogP contribution < -0.4 is 10.6 Å². The zero-order chi connectivity index (χ0) is 18.9. The van der Waals surface area contributed by atoms with Gasteiger partial charge in [-0.3, -0.25) is 14.4 Å². The molecule has 0 aliphatic heterocycles. The number of hydrogen-bond acceptors (Lipinski definition) is 3. The van der Waals surface area contributed by atoms with Crippen molar-refractivity contribution in [2.45, 2.75) is 26.7 Å². The number of amides is 2. The Labute approximate surface area is 156 Å². The van der Waals surface area contributed by atoms with E-state index in [4.69, 9.17) is 11.6 Å². The molecule has 1 saturated carbocycles. The largest absolute Gasteiger partial charge is 0.325 e. The summed E-state index contributed by atoms with van der Waals surface area (Å²) in [6.07, 6.45) is 0.980. The third kappa shape index (κ3) is 3.63. The number of anilines is 2. The Morgan fingerprint density at radius 3 is 2.31 bits per heavy atom. The van der Waals surface area contributed by atoms with Gasteiger partial charge in [0.15, 0.2) is 5.78 Å². The predicted octanol–water partition coefficient (Wildman–Crippen LogP) is 4.21. The average Bonchev–Trinajstić information content (AvgIpc) is 3.39. The molecule has 0 atom stereocenters. The lowest BCUT2D eigenvalue weighted by molar-refractivity contribution is -0.131. The minimum atomic E-state index is -1.07. The number of hydrogen-bond donors (Lipinski definition) is 2. The molecule has 6 heteroatoms. The molecule has 2 N–H and O–H groups in total. The minimum absolute atomic E-state index is 0.0850. The van der Waals surface area contributed by atoms with Crippen molar-refractivity contribution in [1.29, 1.82) is 0 Å². The monoisotopic (exact) mass is 370 g/mol. The molecule has 0 radical (unpaired) electrons. The summed E-state index contributed by atoms with van der Waals surface area (Å²) in [7, 11) is 0. The lowest BCUT2D eigenvalue weighted by Gasteiger charge is -2.17. The van der Waals surface area contributed by atoms with Crippen LogP contribution in [0.1, 0.15) is 35.7 Å². The number of carbonyl (C=O) groups is 3. The highest BCUT2D eigenvalue weighted by atomic mass is 35.5. The molecular formula is C20H19ClN2O3. The van der Waals surface area contributed by atoms with Gasteiger partial charge in [0.1, 0.15) is 5.41 Å². The van der Waals surface area contributed by atoms with E-state index in [1.54, 1.807) is 42.5 Å². The number of nitrogens with one attached hydrogen (secondary N) is 2. The van der Waals surface area contributed by atoms with Gasteiger partial charge in [-0.2, -0.15) is 0 Å². The van der Waals surface area contributed by atoms with Gasteiger partial charge >= 0.3 is 0 Å². The van der Waals surface area contributed by atoms with Gasteiger partial charge < -0.3 is 10.6 Å². The topological polar surface area (TPSA) is 75.3 Å². The highest BCUT2D eigenvalue weighted by Crippen LogP contribution is 2.47. The third-order valence-corrected chi connectivity index (χ3v) is 4.82. The molecule has 0 aromatic heterocycles. The maximum atomic E-state index is 12.7. The quantitative estimate of drug-likeness (QED) is 0.611. The Bertz CT molecular complexity index is 904. The fraction of sp³-hybridized carbons (Fsp3) is 0.250. The first-order chi connectivity index (χ1) is 12.3. The van der Waals surface area contributed by atoms with E-state index in [0.717, 1.165) is 5.56 Å². The standard InChI is InChI=1S/C20H19ClN2O3/c1-12-10-15(21)6-7-17(12)23-19(26)20(8-9-20)18(25)22-16-5-3-4-14(11-16)13(2)24/h3-7,10-11H,8-9H2,1-2H3,(H,22,25)(H,23,26). The molecule has 1 fully saturated rings. The van der Waals surface area contributed by atoms with Crippen molar-refractivity contribution in [3.05, 3.63) is 58.6 Å². The highest BCUT2D eigenvalue weighted by Gasteiger charge is 2.56. The zero-order valence-electron chi connectivity index (χ0n) is 14.6. The molecule has 0 saturated heterocycles. The van der Waals surface area contributed by atoms with Crippen LogP contribution in [-0.2, 0) is 9.59 Å². The second kappa shape index (κ2) is 6.92. The molecule has 26 heavy (non-hydrogen) atoms. The van der Waals surface area contributed by atoms with Crippen LogP contribution >= 0.6 is 11.6 Å². The van der Waals surface area contributed by atoms with Crippen LogP contribution in [0.3, 0.4) is 0 Å². The van der Waals surface area contributed by atoms with Crippen molar-refractivity contribution in [3.8, 4) is 0 Å². The molecule has 0 heterocycles. The van der Waals surface area contributed by atoms with Gasteiger partial charge in [0, 0.05) is 22.0 Å². The summed E-state index contributed by atoms with van der Waals surface area (Å²) in [5.41, 5.74) is 1.41. The van der Waals surface area contributed by atoms with Gasteiger partial charge in [0.2, 0.25) is 11.8 Å². The van der Waals surface area contributed by atoms with Crippen LogP contribution in [0.15, 0.2) is 42.5 Å². The molecule has 1 aliphatic rings. The molecule has 3 rings (SSSR count). The Morgan fingerprint density at radius 2 is 1.69 bits per heavy atom. The maximum absolute atomic E-state index is 12.7. The van der Waals surface area contributed by atoms with Crippen LogP contribution in [-0.4, -0.2) is 17.6 Å². The lowest BCUT2D eigenvalue weighted by atomic mass is 10.0. The first-order valence-corrected chi connectivity index (χ1v) is 8.70. The number of carbonyl (C=O) groups excluding carboxylic acids is 3. The second-order valence-electron chi connectivity index (χ2n) is 6.59. The number of ketones is 1. The molecule has 1 aliphatic carbocycles. The summed E-state index contributed by atoms with van der Waals surface area (Å²) in [6.45, 7) is 3.31.